The van der Waals surface area contributed by atoms with Crippen molar-refractivity contribution >= 4 is 16.9 Å². The second-order valence-electron chi connectivity index (χ2n) is 8.07. The van der Waals surface area contributed by atoms with Crippen LogP contribution in [0.2, 0.25) is 0 Å². The Bertz CT molecular complexity index is 1160. The number of carboxylic acid groups (broad SMARTS) is 1. The third-order valence-electron chi connectivity index (χ3n) is 5.07. The fourth-order valence-corrected chi connectivity index (χ4v) is 3.76. The van der Waals surface area contributed by atoms with Gasteiger partial charge in [0, 0.05) is 11.1 Å². The molecule has 3 aromatic carbocycles. The molecule has 4 rings (SSSR count). The zero-order valence-corrected chi connectivity index (χ0v) is 16.3. The van der Waals surface area contributed by atoms with Gasteiger partial charge in [-0.05, 0) is 46.9 Å². The van der Waals surface area contributed by atoms with Gasteiger partial charge >= 0.3 is 5.97 Å². The van der Waals surface area contributed by atoms with E-state index in [1.807, 2.05) is 24.3 Å². The lowest BCUT2D eigenvalue weighted by Crippen LogP contribution is -2.11. The molecule has 4 aromatic rings. The van der Waals surface area contributed by atoms with Crippen LogP contribution < -0.4 is 0 Å². The Labute approximate surface area is 164 Å². The monoisotopic (exact) mass is 369 g/mol. The predicted molar refractivity (Wildman–Crippen MR) is 114 cm³/mol. The van der Waals surface area contributed by atoms with Crippen LogP contribution in [-0.2, 0) is 5.41 Å². The lowest BCUT2D eigenvalue weighted by atomic mass is 9.85. The smallest absolute Gasteiger partial charge is 0.335 e. The minimum atomic E-state index is -0.921. The molecule has 1 aromatic heterocycles. The molecule has 140 valence electrons. The molecule has 0 unspecified atom stereocenters. The van der Waals surface area contributed by atoms with E-state index >= 15 is 0 Å². The van der Waals surface area contributed by atoms with Gasteiger partial charge in [-0.3, -0.25) is 0 Å². The normalized spacial score (nSPS) is 11.7. The van der Waals surface area contributed by atoms with Crippen LogP contribution in [0.4, 0.5) is 0 Å². The van der Waals surface area contributed by atoms with E-state index in [1.54, 1.807) is 18.2 Å². The summed E-state index contributed by atoms with van der Waals surface area (Å²) in [5.74, 6) is -0.921. The Morgan fingerprint density at radius 3 is 2.25 bits per heavy atom. The molecular formula is C25H23NO2. The van der Waals surface area contributed by atoms with Gasteiger partial charge in [0.15, 0.2) is 0 Å². The molecule has 0 radical (unpaired) electrons. The van der Waals surface area contributed by atoms with E-state index in [0.29, 0.717) is 0 Å². The predicted octanol–water partition coefficient (Wildman–Crippen LogP) is 6.29. The maximum absolute atomic E-state index is 11.5. The molecule has 3 heteroatoms. The summed E-state index contributed by atoms with van der Waals surface area (Å²) in [6.07, 6.45) is 0. The van der Waals surface area contributed by atoms with E-state index in [1.165, 1.54) is 10.9 Å². The van der Waals surface area contributed by atoms with Crippen molar-refractivity contribution in [3.8, 4) is 16.9 Å². The van der Waals surface area contributed by atoms with Crippen LogP contribution in [0, 0.1) is 0 Å². The standard InChI is InChI=1S/C25H23NO2/c1-25(2,3)21-13-8-14-22-20(21)16-23(17-9-5-4-6-10-17)26(22)19-12-7-11-18(15-19)24(27)28/h4-16H,1-3H3,(H,27,28). The van der Waals surface area contributed by atoms with Gasteiger partial charge < -0.3 is 9.67 Å². The number of aromatic carboxylic acids is 1. The fourth-order valence-electron chi connectivity index (χ4n) is 3.76. The quantitative estimate of drug-likeness (QED) is 0.461. The second kappa shape index (κ2) is 6.68. The third-order valence-corrected chi connectivity index (χ3v) is 5.07. The Hall–Kier alpha value is -3.33. The second-order valence-corrected chi connectivity index (χ2v) is 8.07. The summed E-state index contributed by atoms with van der Waals surface area (Å²) in [7, 11) is 0. The molecule has 28 heavy (non-hydrogen) atoms. The first-order valence-corrected chi connectivity index (χ1v) is 9.40. The van der Waals surface area contributed by atoms with Crippen molar-refractivity contribution in [2.45, 2.75) is 26.2 Å². The van der Waals surface area contributed by atoms with E-state index in [-0.39, 0.29) is 11.0 Å². The van der Waals surface area contributed by atoms with Crippen molar-refractivity contribution in [3.63, 3.8) is 0 Å². The van der Waals surface area contributed by atoms with Crippen molar-refractivity contribution in [2.75, 3.05) is 0 Å². The van der Waals surface area contributed by atoms with Crippen molar-refractivity contribution in [1.29, 1.82) is 0 Å². The average Bonchev–Trinajstić information content (AvgIpc) is 3.07. The highest BCUT2D eigenvalue weighted by molar-refractivity contribution is 5.93. The van der Waals surface area contributed by atoms with Gasteiger partial charge in [-0.25, -0.2) is 4.79 Å². The van der Waals surface area contributed by atoms with Gasteiger partial charge in [-0.2, -0.15) is 0 Å². The maximum atomic E-state index is 11.5. The Morgan fingerprint density at radius 1 is 0.857 bits per heavy atom. The number of carboxylic acids is 1. The van der Waals surface area contributed by atoms with Gasteiger partial charge in [0.1, 0.15) is 0 Å². The number of benzene rings is 3. The summed E-state index contributed by atoms with van der Waals surface area (Å²) in [5, 5.41) is 10.6. The first-order valence-electron chi connectivity index (χ1n) is 9.40. The van der Waals surface area contributed by atoms with Gasteiger partial charge in [0.05, 0.1) is 16.8 Å². The van der Waals surface area contributed by atoms with Crippen LogP contribution in [0.5, 0.6) is 0 Å². The highest BCUT2D eigenvalue weighted by atomic mass is 16.4. The zero-order valence-electron chi connectivity index (χ0n) is 16.3. The SMILES string of the molecule is CC(C)(C)c1cccc2c1cc(-c1ccccc1)n2-c1cccc(C(=O)O)c1. The van der Waals surface area contributed by atoms with E-state index in [2.05, 4.69) is 61.7 Å². The minimum Gasteiger partial charge on any atom is -0.478 e. The topological polar surface area (TPSA) is 42.2 Å². The Kier molecular flexibility index (Phi) is 4.31. The van der Waals surface area contributed by atoms with Gasteiger partial charge in [-0.1, -0.05) is 69.3 Å². The molecular weight excluding hydrogens is 346 g/mol. The first-order chi connectivity index (χ1) is 13.4. The molecule has 0 atom stereocenters. The summed E-state index contributed by atoms with van der Waals surface area (Å²) in [4.78, 5) is 11.5. The number of carbonyl (C=O) groups is 1. The van der Waals surface area contributed by atoms with Gasteiger partial charge in [0.2, 0.25) is 0 Å². The van der Waals surface area contributed by atoms with Crippen LogP contribution >= 0.6 is 0 Å². The van der Waals surface area contributed by atoms with Crippen molar-refractivity contribution in [3.05, 3.63) is 90.0 Å². The fraction of sp³-hybridized carbons (Fsp3) is 0.160. The molecule has 0 aliphatic carbocycles. The van der Waals surface area contributed by atoms with Crippen LogP contribution in [0.25, 0.3) is 27.8 Å². The lowest BCUT2D eigenvalue weighted by Gasteiger charge is -2.20. The van der Waals surface area contributed by atoms with Crippen LogP contribution in [0.15, 0.2) is 78.9 Å². The van der Waals surface area contributed by atoms with Crippen molar-refractivity contribution in [1.82, 2.24) is 4.57 Å². The summed E-state index contributed by atoms with van der Waals surface area (Å²) in [5.41, 5.74) is 5.63. The van der Waals surface area contributed by atoms with E-state index < -0.39 is 5.97 Å². The van der Waals surface area contributed by atoms with Crippen LogP contribution in [0.1, 0.15) is 36.7 Å². The number of rotatable bonds is 3. The average molecular weight is 369 g/mol. The van der Waals surface area contributed by atoms with Gasteiger partial charge in [0.25, 0.3) is 0 Å². The molecule has 0 fully saturated rings. The molecule has 1 heterocycles. The number of nitrogens with zero attached hydrogens (tertiary/aromatic N) is 1. The summed E-state index contributed by atoms with van der Waals surface area (Å²) in [6.45, 7) is 6.64. The molecule has 0 bridgehead atoms. The highest BCUT2D eigenvalue weighted by Gasteiger charge is 2.21. The molecule has 0 aliphatic rings. The number of aromatic nitrogens is 1. The number of hydrogen-bond acceptors (Lipinski definition) is 1. The number of fused-ring (bicyclic) bond motifs is 1. The molecule has 3 nitrogen and oxygen atoms in total. The third kappa shape index (κ3) is 3.09. The first kappa shape index (κ1) is 18.1. The summed E-state index contributed by atoms with van der Waals surface area (Å²) >= 11 is 0. The summed E-state index contributed by atoms with van der Waals surface area (Å²) in [6, 6.07) is 25.9. The van der Waals surface area contributed by atoms with Crippen LogP contribution in [0.3, 0.4) is 0 Å². The van der Waals surface area contributed by atoms with E-state index in [4.69, 9.17) is 0 Å². The molecule has 0 saturated heterocycles. The maximum Gasteiger partial charge on any atom is 0.335 e. The highest BCUT2D eigenvalue weighted by Crippen LogP contribution is 2.37. The van der Waals surface area contributed by atoms with Crippen molar-refractivity contribution in [2.24, 2.45) is 0 Å². The molecule has 0 amide bonds. The lowest BCUT2D eigenvalue weighted by molar-refractivity contribution is 0.0697. The van der Waals surface area contributed by atoms with E-state index in [0.717, 1.165) is 22.5 Å². The minimum absolute atomic E-state index is 0.00254. The van der Waals surface area contributed by atoms with Crippen LogP contribution in [-0.4, -0.2) is 15.6 Å². The summed E-state index contributed by atoms with van der Waals surface area (Å²) < 4.78 is 2.16. The molecule has 0 saturated carbocycles. The molecule has 0 spiro atoms. The van der Waals surface area contributed by atoms with Gasteiger partial charge in [-0.15, -0.1) is 0 Å². The molecule has 0 aliphatic heterocycles. The molecule has 1 N–H and O–H groups in total. The zero-order chi connectivity index (χ0) is 19.9. The Morgan fingerprint density at radius 2 is 1.57 bits per heavy atom. The Balaban J connectivity index is 2.09. The van der Waals surface area contributed by atoms with Crippen molar-refractivity contribution < 1.29 is 9.90 Å². The largest absolute Gasteiger partial charge is 0.478 e. The number of hydrogen-bond donors (Lipinski definition) is 1. The van der Waals surface area contributed by atoms with E-state index in [9.17, 15) is 9.90 Å².